The van der Waals surface area contributed by atoms with Gasteiger partial charge in [-0.2, -0.15) is 0 Å². The van der Waals surface area contributed by atoms with E-state index in [-0.39, 0.29) is 5.75 Å². The Kier molecular flexibility index (Phi) is 6.37. The van der Waals surface area contributed by atoms with E-state index >= 15 is 0 Å². The summed E-state index contributed by atoms with van der Waals surface area (Å²) in [6.45, 7) is 6.07. The highest BCUT2D eigenvalue weighted by atomic mass is 32.1. The monoisotopic (exact) mass is 409 g/mol. The number of aromatic hydroxyl groups is 1. The van der Waals surface area contributed by atoms with E-state index < -0.39 is 0 Å². The van der Waals surface area contributed by atoms with Crippen LogP contribution in [-0.2, 0) is 0 Å². The molecule has 5 heteroatoms. The standard InChI is InChI=1S/C24H27NO3S/c1-2-6-22-24(21-12-7-18(26)17-23(21)29-22)28-20-10-8-19(9-11-20)27-16-15-25-13-4-3-5-14-25/h2,6-12,17,26H,3-5,13-16H2,1H3. The van der Waals surface area contributed by atoms with E-state index in [9.17, 15) is 5.11 Å². The Balaban J connectivity index is 1.42. The molecule has 0 aliphatic carbocycles. The largest absolute Gasteiger partial charge is 0.508 e. The quantitative estimate of drug-likeness (QED) is 0.497. The number of hydrogen-bond donors (Lipinski definition) is 1. The molecule has 4 nitrogen and oxygen atoms in total. The van der Waals surface area contributed by atoms with Crippen LogP contribution in [0.2, 0.25) is 0 Å². The molecule has 0 amide bonds. The number of likely N-dealkylation sites (tertiary alicyclic amines) is 1. The van der Waals surface area contributed by atoms with Crippen molar-refractivity contribution in [2.45, 2.75) is 26.2 Å². The Bertz CT molecular complexity index is 972. The molecule has 2 heterocycles. The molecule has 0 atom stereocenters. The van der Waals surface area contributed by atoms with Gasteiger partial charge in [-0.1, -0.05) is 12.5 Å². The highest BCUT2D eigenvalue weighted by Crippen LogP contribution is 2.42. The first kappa shape index (κ1) is 19.8. The zero-order chi connectivity index (χ0) is 20.1. The number of nitrogens with zero attached hydrogens (tertiary/aromatic N) is 1. The second-order valence-corrected chi connectivity index (χ2v) is 8.38. The van der Waals surface area contributed by atoms with Gasteiger partial charge in [0.25, 0.3) is 0 Å². The number of piperidine rings is 1. The van der Waals surface area contributed by atoms with Gasteiger partial charge in [0.05, 0.1) is 4.88 Å². The Hall–Kier alpha value is -2.50. The van der Waals surface area contributed by atoms with E-state index in [2.05, 4.69) is 4.90 Å². The van der Waals surface area contributed by atoms with Gasteiger partial charge in [0.1, 0.15) is 23.9 Å². The molecule has 0 saturated carbocycles. The number of thiophene rings is 1. The highest BCUT2D eigenvalue weighted by Gasteiger charge is 2.14. The minimum Gasteiger partial charge on any atom is -0.508 e. The minimum absolute atomic E-state index is 0.267. The average Bonchev–Trinajstić information content (AvgIpc) is 3.06. The van der Waals surface area contributed by atoms with Crippen LogP contribution in [0.4, 0.5) is 0 Å². The van der Waals surface area contributed by atoms with Crippen molar-refractivity contribution < 1.29 is 14.6 Å². The normalized spacial score (nSPS) is 15.2. The first-order valence-corrected chi connectivity index (χ1v) is 11.1. The number of fused-ring (bicyclic) bond motifs is 1. The lowest BCUT2D eigenvalue weighted by atomic mass is 10.1. The van der Waals surface area contributed by atoms with Crippen molar-refractivity contribution >= 4 is 27.5 Å². The van der Waals surface area contributed by atoms with Crippen LogP contribution in [0, 0.1) is 0 Å². The van der Waals surface area contributed by atoms with Crippen molar-refractivity contribution in [3.05, 3.63) is 53.4 Å². The SMILES string of the molecule is CC=Cc1sc2cc(O)ccc2c1Oc1ccc(OCCN2CCCCC2)cc1. The number of phenolic OH excluding ortho intramolecular Hbond substituents is 1. The summed E-state index contributed by atoms with van der Waals surface area (Å²) in [5, 5.41) is 10.8. The second kappa shape index (κ2) is 9.33. The van der Waals surface area contributed by atoms with Crippen LogP contribution in [-0.4, -0.2) is 36.2 Å². The van der Waals surface area contributed by atoms with Crippen molar-refractivity contribution in [1.29, 1.82) is 0 Å². The van der Waals surface area contributed by atoms with Gasteiger partial charge in [0, 0.05) is 16.6 Å². The molecule has 2 aromatic carbocycles. The van der Waals surface area contributed by atoms with Crippen molar-refractivity contribution in [3.63, 3.8) is 0 Å². The fraction of sp³-hybridized carbons (Fsp3) is 0.333. The summed E-state index contributed by atoms with van der Waals surface area (Å²) in [5.41, 5.74) is 0. The Labute approximate surface area is 176 Å². The van der Waals surface area contributed by atoms with Crippen LogP contribution < -0.4 is 9.47 Å². The van der Waals surface area contributed by atoms with Crippen LogP contribution in [0.1, 0.15) is 31.1 Å². The van der Waals surface area contributed by atoms with E-state index in [1.54, 1.807) is 23.5 Å². The Morgan fingerprint density at radius 3 is 2.55 bits per heavy atom. The third-order valence-electron chi connectivity index (χ3n) is 5.14. The smallest absolute Gasteiger partial charge is 0.153 e. The van der Waals surface area contributed by atoms with Crippen molar-refractivity contribution in [2.24, 2.45) is 0 Å². The van der Waals surface area contributed by atoms with Crippen LogP contribution in [0.15, 0.2) is 48.5 Å². The summed E-state index contributed by atoms with van der Waals surface area (Å²) in [6.07, 6.45) is 8.00. The van der Waals surface area contributed by atoms with Gasteiger partial charge < -0.3 is 14.6 Å². The summed E-state index contributed by atoms with van der Waals surface area (Å²) in [6, 6.07) is 13.2. The van der Waals surface area contributed by atoms with Gasteiger partial charge in [-0.05, 0) is 81.4 Å². The lowest BCUT2D eigenvalue weighted by Crippen LogP contribution is -2.33. The number of hydrogen-bond acceptors (Lipinski definition) is 5. The zero-order valence-corrected chi connectivity index (χ0v) is 17.6. The van der Waals surface area contributed by atoms with Gasteiger partial charge in [-0.3, -0.25) is 4.90 Å². The van der Waals surface area contributed by atoms with E-state index in [1.807, 2.05) is 49.4 Å². The first-order chi connectivity index (χ1) is 14.2. The molecule has 1 fully saturated rings. The number of rotatable bonds is 7. The molecule has 0 unspecified atom stereocenters. The zero-order valence-electron chi connectivity index (χ0n) is 16.8. The average molecular weight is 410 g/mol. The van der Waals surface area contributed by atoms with Crippen LogP contribution in [0.5, 0.6) is 23.0 Å². The fourth-order valence-electron chi connectivity index (χ4n) is 3.64. The summed E-state index contributed by atoms with van der Waals surface area (Å²) >= 11 is 1.61. The predicted molar refractivity (Wildman–Crippen MR) is 120 cm³/mol. The molecule has 1 aliphatic rings. The number of phenols is 1. The highest BCUT2D eigenvalue weighted by molar-refractivity contribution is 7.20. The Morgan fingerprint density at radius 1 is 1.03 bits per heavy atom. The molecule has 1 aliphatic heterocycles. The summed E-state index contributed by atoms with van der Waals surface area (Å²) in [7, 11) is 0. The van der Waals surface area contributed by atoms with Crippen LogP contribution >= 0.6 is 11.3 Å². The molecular formula is C24H27NO3S. The lowest BCUT2D eigenvalue weighted by Gasteiger charge is -2.26. The fourth-order valence-corrected chi connectivity index (χ4v) is 4.78. The lowest BCUT2D eigenvalue weighted by molar-refractivity contribution is 0.183. The van der Waals surface area contributed by atoms with Gasteiger partial charge in [0.15, 0.2) is 5.75 Å². The van der Waals surface area contributed by atoms with Crippen LogP contribution in [0.25, 0.3) is 16.2 Å². The number of benzene rings is 2. The molecule has 1 N–H and O–H groups in total. The predicted octanol–water partition coefficient (Wildman–Crippen LogP) is 6.30. The summed E-state index contributed by atoms with van der Waals surface area (Å²) in [5.74, 6) is 2.72. The maximum absolute atomic E-state index is 9.77. The van der Waals surface area contributed by atoms with E-state index in [0.29, 0.717) is 6.61 Å². The molecule has 29 heavy (non-hydrogen) atoms. The second-order valence-electron chi connectivity index (χ2n) is 7.30. The molecule has 0 bridgehead atoms. The third kappa shape index (κ3) is 4.92. The molecule has 152 valence electrons. The van der Waals surface area contributed by atoms with Gasteiger partial charge in [0.2, 0.25) is 0 Å². The molecular weight excluding hydrogens is 382 g/mol. The molecule has 3 aromatic rings. The molecule has 0 spiro atoms. The summed E-state index contributed by atoms with van der Waals surface area (Å²) < 4.78 is 13.1. The van der Waals surface area contributed by atoms with Gasteiger partial charge >= 0.3 is 0 Å². The maximum atomic E-state index is 9.77. The van der Waals surface area contributed by atoms with Crippen molar-refractivity contribution in [1.82, 2.24) is 4.90 Å². The van der Waals surface area contributed by atoms with Crippen molar-refractivity contribution in [3.8, 4) is 23.0 Å². The number of allylic oxidation sites excluding steroid dienone is 1. The van der Waals surface area contributed by atoms with E-state index in [1.165, 1.54) is 32.4 Å². The number of ether oxygens (including phenoxy) is 2. The maximum Gasteiger partial charge on any atom is 0.153 e. The first-order valence-electron chi connectivity index (χ1n) is 10.2. The third-order valence-corrected chi connectivity index (χ3v) is 6.24. The van der Waals surface area contributed by atoms with Crippen molar-refractivity contribution in [2.75, 3.05) is 26.2 Å². The molecule has 0 radical (unpaired) electrons. The molecule has 1 saturated heterocycles. The van der Waals surface area contributed by atoms with E-state index in [0.717, 1.165) is 38.8 Å². The summed E-state index contributed by atoms with van der Waals surface area (Å²) in [4.78, 5) is 3.51. The topological polar surface area (TPSA) is 41.9 Å². The van der Waals surface area contributed by atoms with E-state index in [4.69, 9.17) is 9.47 Å². The molecule has 4 rings (SSSR count). The minimum atomic E-state index is 0.267. The van der Waals surface area contributed by atoms with Crippen LogP contribution in [0.3, 0.4) is 0 Å². The Morgan fingerprint density at radius 2 is 1.79 bits per heavy atom. The van der Waals surface area contributed by atoms with Gasteiger partial charge in [-0.25, -0.2) is 0 Å². The molecule has 1 aromatic heterocycles. The van der Waals surface area contributed by atoms with Gasteiger partial charge in [-0.15, -0.1) is 11.3 Å².